The number of rotatable bonds is 6. The Balaban J connectivity index is 1.97. The highest BCUT2D eigenvalue weighted by Crippen LogP contribution is 2.15. The molecule has 0 spiro atoms. The molecule has 0 heterocycles. The summed E-state index contributed by atoms with van der Waals surface area (Å²) in [5, 5.41) is 5.67. The fourth-order valence-electron chi connectivity index (χ4n) is 2.02. The van der Waals surface area contributed by atoms with Gasteiger partial charge in [0.25, 0.3) is 11.8 Å². The maximum atomic E-state index is 12.1. The molecule has 0 radical (unpaired) electrons. The molecule has 0 fully saturated rings. The molecule has 0 bridgehead atoms. The lowest BCUT2D eigenvalue weighted by molar-refractivity contribution is 0.0952. The predicted octanol–water partition coefficient (Wildman–Crippen LogP) is 4.23. The molecule has 23 heavy (non-hydrogen) atoms. The number of benzene rings is 2. The van der Waals surface area contributed by atoms with Crippen LogP contribution in [0.5, 0.6) is 0 Å². The van der Waals surface area contributed by atoms with E-state index in [2.05, 4.69) is 33.5 Å². The van der Waals surface area contributed by atoms with Crippen LogP contribution in [0.1, 0.15) is 40.5 Å². The molecule has 2 aromatic carbocycles. The van der Waals surface area contributed by atoms with Gasteiger partial charge in [-0.05, 0) is 48.9 Å². The normalized spacial score (nSPS) is 10.2. The SMILES string of the molecule is CCCCNC(=O)c1ccc(NC(=O)c2cccc(Br)c2)cc1. The van der Waals surface area contributed by atoms with Crippen LogP contribution in [0.4, 0.5) is 5.69 Å². The molecule has 0 atom stereocenters. The van der Waals surface area contributed by atoms with E-state index in [1.165, 1.54) is 0 Å². The van der Waals surface area contributed by atoms with Crippen molar-refractivity contribution >= 4 is 33.4 Å². The summed E-state index contributed by atoms with van der Waals surface area (Å²) >= 11 is 3.34. The smallest absolute Gasteiger partial charge is 0.255 e. The first-order valence-electron chi connectivity index (χ1n) is 7.55. The molecule has 2 amide bonds. The molecule has 2 rings (SSSR count). The van der Waals surface area contributed by atoms with Crippen molar-refractivity contribution < 1.29 is 9.59 Å². The van der Waals surface area contributed by atoms with Crippen LogP contribution >= 0.6 is 15.9 Å². The molecule has 0 saturated carbocycles. The average Bonchev–Trinajstić information content (AvgIpc) is 2.55. The summed E-state index contributed by atoms with van der Waals surface area (Å²) in [6.45, 7) is 2.76. The second kappa shape index (κ2) is 8.48. The molecule has 4 nitrogen and oxygen atoms in total. The van der Waals surface area contributed by atoms with Crippen LogP contribution in [0.2, 0.25) is 0 Å². The van der Waals surface area contributed by atoms with Crippen LogP contribution in [0, 0.1) is 0 Å². The molecule has 0 aromatic heterocycles. The Morgan fingerprint density at radius 3 is 2.39 bits per heavy atom. The van der Waals surface area contributed by atoms with E-state index >= 15 is 0 Å². The molecule has 2 N–H and O–H groups in total. The lowest BCUT2D eigenvalue weighted by Gasteiger charge is -2.07. The third kappa shape index (κ3) is 5.21. The van der Waals surface area contributed by atoms with Crippen molar-refractivity contribution in [1.29, 1.82) is 0 Å². The van der Waals surface area contributed by atoms with E-state index in [4.69, 9.17) is 0 Å². The van der Waals surface area contributed by atoms with Gasteiger partial charge in [0, 0.05) is 27.8 Å². The number of nitrogens with one attached hydrogen (secondary N) is 2. The Labute approximate surface area is 144 Å². The lowest BCUT2D eigenvalue weighted by atomic mass is 10.1. The minimum atomic E-state index is -0.188. The van der Waals surface area contributed by atoms with E-state index < -0.39 is 0 Å². The Bertz CT molecular complexity index is 684. The summed E-state index contributed by atoms with van der Waals surface area (Å²) < 4.78 is 0.851. The average molecular weight is 375 g/mol. The van der Waals surface area contributed by atoms with Gasteiger partial charge in [0.2, 0.25) is 0 Å². The van der Waals surface area contributed by atoms with Gasteiger partial charge in [-0.25, -0.2) is 0 Å². The molecular weight excluding hydrogens is 356 g/mol. The van der Waals surface area contributed by atoms with Crippen molar-refractivity contribution in [3.63, 3.8) is 0 Å². The molecule has 0 aliphatic heterocycles. The Morgan fingerprint density at radius 2 is 1.74 bits per heavy atom. The molecule has 0 saturated heterocycles. The molecule has 0 aliphatic carbocycles. The van der Waals surface area contributed by atoms with Gasteiger partial charge >= 0.3 is 0 Å². The van der Waals surface area contributed by atoms with Crippen molar-refractivity contribution in [2.24, 2.45) is 0 Å². The fraction of sp³-hybridized carbons (Fsp3) is 0.222. The zero-order valence-corrected chi connectivity index (χ0v) is 14.5. The number of carbonyl (C=O) groups is 2. The standard InChI is InChI=1S/C18H19BrN2O2/c1-2-3-11-20-17(22)13-7-9-16(10-8-13)21-18(23)14-5-4-6-15(19)12-14/h4-10,12H,2-3,11H2,1H3,(H,20,22)(H,21,23). The third-order valence-electron chi connectivity index (χ3n) is 3.31. The molecule has 2 aromatic rings. The number of halogens is 1. The number of anilines is 1. The van der Waals surface area contributed by atoms with Gasteiger partial charge < -0.3 is 10.6 Å². The Kier molecular flexibility index (Phi) is 6.35. The minimum Gasteiger partial charge on any atom is -0.352 e. The van der Waals surface area contributed by atoms with E-state index in [9.17, 15) is 9.59 Å². The topological polar surface area (TPSA) is 58.2 Å². The summed E-state index contributed by atoms with van der Waals surface area (Å²) in [5.74, 6) is -0.283. The Morgan fingerprint density at radius 1 is 1.00 bits per heavy atom. The summed E-state index contributed by atoms with van der Waals surface area (Å²) in [6.07, 6.45) is 2.01. The number of amides is 2. The van der Waals surface area contributed by atoms with Crippen molar-refractivity contribution in [2.45, 2.75) is 19.8 Å². The minimum absolute atomic E-state index is 0.0942. The van der Waals surface area contributed by atoms with Gasteiger partial charge in [-0.3, -0.25) is 9.59 Å². The van der Waals surface area contributed by atoms with E-state index in [1.807, 2.05) is 12.1 Å². The monoisotopic (exact) mass is 374 g/mol. The summed E-state index contributed by atoms with van der Waals surface area (Å²) in [7, 11) is 0. The maximum absolute atomic E-state index is 12.1. The van der Waals surface area contributed by atoms with E-state index in [0.717, 1.165) is 17.3 Å². The van der Waals surface area contributed by atoms with Crippen molar-refractivity contribution in [3.8, 4) is 0 Å². The molecule has 5 heteroatoms. The van der Waals surface area contributed by atoms with Crippen LogP contribution < -0.4 is 10.6 Å². The van der Waals surface area contributed by atoms with Crippen LogP contribution in [0.3, 0.4) is 0 Å². The molecular formula is C18H19BrN2O2. The molecule has 120 valence electrons. The first kappa shape index (κ1) is 17.2. The maximum Gasteiger partial charge on any atom is 0.255 e. The summed E-state index contributed by atoms with van der Waals surface area (Å²) in [4.78, 5) is 24.1. The summed E-state index contributed by atoms with van der Waals surface area (Å²) in [5.41, 5.74) is 1.81. The zero-order valence-electron chi connectivity index (χ0n) is 12.9. The van der Waals surface area contributed by atoms with E-state index in [0.29, 0.717) is 23.4 Å². The lowest BCUT2D eigenvalue weighted by Crippen LogP contribution is -2.24. The number of carbonyl (C=O) groups excluding carboxylic acids is 2. The predicted molar refractivity (Wildman–Crippen MR) is 95.8 cm³/mol. The number of hydrogen-bond donors (Lipinski definition) is 2. The highest BCUT2D eigenvalue weighted by atomic mass is 79.9. The second-order valence-electron chi connectivity index (χ2n) is 5.15. The van der Waals surface area contributed by atoms with Crippen LogP contribution in [-0.2, 0) is 0 Å². The second-order valence-corrected chi connectivity index (χ2v) is 6.07. The van der Waals surface area contributed by atoms with Gasteiger partial charge in [0.05, 0.1) is 0 Å². The van der Waals surface area contributed by atoms with Gasteiger partial charge in [-0.1, -0.05) is 35.3 Å². The fourth-order valence-corrected chi connectivity index (χ4v) is 2.42. The number of unbranched alkanes of at least 4 members (excludes halogenated alkanes) is 1. The first-order valence-corrected chi connectivity index (χ1v) is 8.34. The van der Waals surface area contributed by atoms with Crippen molar-refractivity contribution in [1.82, 2.24) is 5.32 Å². The van der Waals surface area contributed by atoms with Crippen LogP contribution in [0.25, 0.3) is 0 Å². The van der Waals surface area contributed by atoms with Crippen LogP contribution in [-0.4, -0.2) is 18.4 Å². The van der Waals surface area contributed by atoms with Gasteiger partial charge in [0.15, 0.2) is 0 Å². The Hall–Kier alpha value is -2.14. The summed E-state index contributed by atoms with van der Waals surface area (Å²) in [6, 6.07) is 14.0. The highest BCUT2D eigenvalue weighted by molar-refractivity contribution is 9.10. The third-order valence-corrected chi connectivity index (χ3v) is 3.80. The van der Waals surface area contributed by atoms with Crippen molar-refractivity contribution in [2.75, 3.05) is 11.9 Å². The molecule has 0 aliphatic rings. The number of hydrogen-bond acceptors (Lipinski definition) is 2. The van der Waals surface area contributed by atoms with Gasteiger partial charge in [0.1, 0.15) is 0 Å². The zero-order chi connectivity index (χ0) is 16.7. The highest BCUT2D eigenvalue weighted by Gasteiger charge is 2.08. The van der Waals surface area contributed by atoms with E-state index in [-0.39, 0.29) is 11.8 Å². The van der Waals surface area contributed by atoms with Crippen molar-refractivity contribution in [3.05, 3.63) is 64.1 Å². The van der Waals surface area contributed by atoms with Crippen LogP contribution in [0.15, 0.2) is 53.0 Å². The van der Waals surface area contributed by atoms with E-state index in [1.54, 1.807) is 36.4 Å². The largest absolute Gasteiger partial charge is 0.352 e. The molecule has 0 unspecified atom stereocenters. The van der Waals surface area contributed by atoms with Gasteiger partial charge in [-0.15, -0.1) is 0 Å². The quantitative estimate of drug-likeness (QED) is 0.743. The first-order chi connectivity index (χ1) is 11.1. The van der Waals surface area contributed by atoms with Gasteiger partial charge in [-0.2, -0.15) is 0 Å².